The van der Waals surface area contributed by atoms with Crippen LogP contribution < -0.4 is 5.32 Å². The Balaban J connectivity index is 1.83. The molecule has 1 N–H and O–H groups in total. The summed E-state index contributed by atoms with van der Waals surface area (Å²) >= 11 is 0.964. The van der Waals surface area contributed by atoms with Gasteiger partial charge in [-0.05, 0) is 38.5 Å². The first-order valence-corrected chi connectivity index (χ1v) is 11.7. The zero-order chi connectivity index (χ0) is 25.3. The van der Waals surface area contributed by atoms with Gasteiger partial charge in [-0.3, -0.25) is 9.48 Å². The Morgan fingerprint density at radius 3 is 2.46 bits per heavy atom. The third kappa shape index (κ3) is 4.40. The molecular weight excluding hydrogens is 468 g/mol. The van der Waals surface area contributed by atoms with Crippen molar-refractivity contribution in [1.82, 2.24) is 14.8 Å². The standard InChI is InChI=1S/C25H24N4O5S/c1-6-29-12-17(14(3)28-29)19-11-16(15-9-7-8-10-18(15)26-19)22(30)27-23-20(24(31)33-4)13(2)21(35-23)25(32)34-5/h7-12H,6H2,1-5H3,(H,27,30). The van der Waals surface area contributed by atoms with Crippen molar-refractivity contribution < 1.29 is 23.9 Å². The van der Waals surface area contributed by atoms with E-state index in [1.54, 1.807) is 13.0 Å². The van der Waals surface area contributed by atoms with Gasteiger partial charge in [0.1, 0.15) is 9.88 Å². The monoisotopic (exact) mass is 492 g/mol. The smallest absolute Gasteiger partial charge is 0.348 e. The highest BCUT2D eigenvalue weighted by Crippen LogP contribution is 2.35. The normalized spacial score (nSPS) is 10.9. The molecule has 10 heteroatoms. The van der Waals surface area contributed by atoms with Gasteiger partial charge < -0.3 is 14.8 Å². The number of methoxy groups -OCH3 is 2. The molecule has 4 aromatic rings. The van der Waals surface area contributed by atoms with Crippen molar-refractivity contribution in [2.75, 3.05) is 19.5 Å². The van der Waals surface area contributed by atoms with Crippen LogP contribution in [-0.2, 0) is 16.0 Å². The predicted octanol–water partition coefficient (Wildman–Crippen LogP) is 4.62. The van der Waals surface area contributed by atoms with Crippen LogP contribution in [0.25, 0.3) is 22.2 Å². The zero-order valence-electron chi connectivity index (χ0n) is 20.0. The van der Waals surface area contributed by atoms with E-state index in [1.807, 2.05) is 49.0 Å². The van der Waals surface area contributed by atoms with Crippen LogP contribution in [0.4, 0.5) is 5.00 Å². The fraction of sp³-hybridized carbons (Fsp3) is 0.240. The highest BCUT2D eigenvalue weighted by Gasteiger charge is 2.27. The van der Waals surface area contributed by atoms with Crippen LogP contribution in [-0.4, -0.2) is 46.8 Å². The SMILES string of the molecule is CCn1cc(-c2cc(C(=O)Nc3sc(C(=O)OC)c(C)c3C(=O)OC)c3ccccc3n2)c(C)n1. The number of thiophene rings is 1. The maximum atomic E-state index is 13.6. The summed E-state index contributed by atoms with van der Waals surface area (Å²) in [5, 5.41) is 8.15. The number of aryl methyl sites for hydroxylation is 2. The molecule has 4 rings (SSSR count). The molecule has 0 aliphatic heterocycles. The first kappa shape index (κ1) is 24.1. The number of carbonyl (C=O) groups excluding carboxylic acids is 3. The highest BCUT2D eigenvalue weighted by atomic mass is 32.1. The van der Waals surface area contributed by atoms with Crippen LogP contribution >= 0.6 is 11.3 Å². The van der Waals surface area contributed by atoms with E-state index in [1.165, 1.54) is 14.2 Å². The largest absolute Gasteiger partial charge is 0.465 e. The summed E-state index contributed by atoms with van der Waals surface area (Å²) in [5.41, 5.74) is 3.74. The summed E-state index contributed by atoms with van der Waals surface area (Å²) in [6.07, 6.45) is 1.90. The second-order valence-corrected chi connectivity index (χ2v) is 8.77. The van der Waals surface area contributed by atoms with E-state index < -0.39 is 17.8 Å². The van der Waals surface area contributed by atoms with Crippen LogP contribution in [0.5, 0.6) is 0 Å². The van der Waals surface area contributed by atoms with Gasteiger partial charge in [0, 0.05) is 23.7 Å². The lowest BCUT2D eigenvalue weighted by Crippen LogP contribution is -2.15. The average Bonchev–Trinajstić information content (AvgIpc) is 3.41. The number of carbonyl (C=O) groups is 3. The molecule has 0 atom stereocenters. The maximum Gasteiger partial charge on any atom is 0.348 e. The van der Waals surface area contributed by atoms with E-state index in [4.69, 9.17) is 14.5 Å². The van der Waals surface area contributed by atoms with Gasteiger partial charge in [0.15, 0.2) is 0 Å². The molecule has 3 heterocycles. The summed E-state index contributed by atoms with van der Waals surface area (Å²) in [6.45, 7) is 6.20. The number of benzene rings is 1. The van der Waals surface area contributed by atoms with Crippen molar-refractivity contribution in [3.8, 4) is 11.3 Å². The molecule has 0 fully saturated rings. The number of fused-ring (bicyclic) bond motifs is 1. The molecule has 35 heavy (non-hydrogen) atoms. The van der Waals surface area contributed by atoms with Gasteiger partial charge in [-0.2, -0.15) is 5.10 Å². The lowest BCUT2D eigenvalue weighted by atomic mass is 10.0. The average molecular weight is 493 g/mol. The van der Waals surface area contributed by atoms with E-state index >= 15 is 0 Å². The molecule has 0 radical (unpaired) electrons. The van der Waals surface area contributed by atoms with Gasteiger partial charge in [0.05, 0.1) is 42.3 Å². The van der Waals surface area contributed by atoms with Crippen molar-refractivity contribution >= 4 is 45.1 Å². The van der Waals surface area contributed by atoms with Crippen molar-refractivity contribution in [3.05, 3.63) is 63.8 Å². The van der Waals surface area contributed by atoms with E-state index in [2.05, 4.69) is 10.4 Å². The summed E-state index contributed by atoms with van der Waals surface area (Å²) < 4.78 is 11.5. The number of pyridine rings is 1. The Hall–Kier alpha value is -4.05. The zero-order valence-corrected chi connectivity index (χ0v) is 20.8. The Labute approximate surface area is 205 Å². The summed E-state index contributed by atoms with van der Waals surface area (Å²) in [4.78, 5) is 43.2. The molecule has 180 valence electrons. The van der Waals surface area contributed by atoms with Crippen LogP contribution in [0, 0.1) is 13.8 Å². The topological polar surface area (TPSA) is 112 Å². The first-order chi connectivity index (χ1) is 16.8. The van der Waals surface area contributed by atoms with Crippen molar-refractivity contribution in [3.63, 3.8) is 0 Å². The molecule has 0 saturated heterocycles. The molecule has 0 aliphatic carbocycles. The quantitative estimate of drug-likeness (QED) is 0.391. The number of para-hydroxylation sites is 1. The third-order valence-electron chi connectivity index (χ3n) is 5.64. The Morgan fingerprint density at radius 2 is 1.80 bits per heavy atom. The van der Waals surface area contributed by atoms with Crippen molar-refractivity contribution in [1.29, 1.82) is 0 Å². The van der Waals surface area contributed by atoms with Crippen LogP contribution in [0.15, 0.2) is 36.5 Å². The minimum Gasteiger partial charge on any atom is -0.465 e. The number of hydrogen-bond donors (Lipinski definition) is 1. The van der Waals surface area contributed by atoms with E-state index in [-0.39, 0.29) is 15.4 Å². The van der Waals surface area contributed by atoms with E-state index in [0.29, 0.717) is 34.3 Å². The van der Waals surface area contributed by atoms with Gasteiger partial charge in [-0.15, -0.1) is 11.3 Å². The Kier molecular flexibility index (Phi) is 6.65. The number of anilines is 1. The summed E-state index contributed by atoms with van der Waals surface area (Å²) in [6, 6.07) is 9.03. The number of aromatic nitrogens is 3. The van der Waals surface area contributed by atoms with Gasteiger partial charge in [0.2, 0.25) is 0 Å². The summed E-state index contributed by atoms with van der Waals surface area (Å²) in [5.74, 6) is -1.71. The Morgan fingerprint density at radius 1 is 1.09 bits per heavy atom. The minimum absolute atomic E-state index is 0.116. The second-order valence-electron chi connectivity index (χ2n) is 7.75. The maximum absolute atomic E-state index is 13.6. The Bertz CT molecular complexity index is 1470. The lowest BCUT2D eigenvalue weighted by molar-refractivity contribution is 0.0601. The fourth-order valence-electron chi connectivity index (χ4n) is 3.84. The number of nitrogens with zero attached hydrogens (tertiary/aromatic N) is 3. The number of amides is 1. The molecule has 3 aromatic heterocycles. The minimum atomic E-state index is -0.660. The molecule has 0 spiro atoms. The van der Waals surface area contributed by atoms with Crippen molar-refractivity contribution in [2.24, 2.45) is 0 Å². The molecule has 0 bridgehead atoms. The highest BCUT2D eigenvalue weighted by molar-refractivity contribution is 7.18. The molecule has 0 aliphatic rings. The number of esters is 2. The van der Waals surface area contributed by atoms with Crippen LogP contribution in [0.3, 0.4) is 0 Å². The van der Waals surface area contributed by atoms with Crippen molar-refractivity contribution in [2.45, 2.75) is 27.3 Å². The molecule has 0 unspecified atom stereocenters. The number of rotatable bonds is 6. The molecular formula is C25H24N4O5S. The molecule has 9 nitrogen and oxygen atoms in total. The number of hydrogen-bond acceptors (Lipinski definition) is 8. The number of ether oxygens (including phenoxy) is 2. The third-order valence-corrected chi connectivity index (χ3v) is 6.83. The van der Waals surface area contributed by atoms with Crippen LogP contribution in [0.1, 0.15) is 48.6 Å². The molecule has 1 amide bonds. The lowest BCUT2D eigenvalue weighted by Gasteiger charge is -2.10. The van der Waals surface area contributed by atoms with E-state index in [9.17, 15) is 14.4 Å². The van der Waals surface area contributed by atoms with Gasteiger partial charge in [0.25, 0.3) is 5.91 Å². The second kappa shape index (κ2) is 9.67. The predicted molar refractivity (Wildman–Crippen MR) is 133 cm³/mol. The fourth-order valence-corrected chi connectivity index (χ4v) is 4.95. The summed E-state index contributed by atoms with van der Waals surface area (Å²) in [7, 11) is 2.50. The van der Waals surface area contributed by atoms with Gasteiger partial charge in [-0.25, -0.2) is 14.6 Å². The van der Waals surface area contributed by atoms with E-state index in [0.717, 1.165) is 22.6 Å². The van der Waals surface area contributed by atoms with Gasteiger partial charge >= 0.3 is 11.9 Å². The molecule has 1 aromatic carbocycles. The number of nitrogens with one attached hydrogen (secondary N) is 1. The van der Waals surface area contributed by atoms with Crippen LogP contribution in [0.2, 0.25) is 0 Å². The van der Waals surface area contributed by atoms with Gasteiger partial charge in [-0.1, -0.05) is 18.2 Å². The first-order valence-electron chi connectivity index (χ1n) is 10.8. The molecule has 0 saturated carbocycles.